The van der Waals surface area contributed by atoms with Crippen LogP contribution in [-0.2, 0) is 4.74 Å². The molecular weight excluding hydrogens is 132 g/mol. The third-order valence-electron chi connectivity index (χ3n) is 1.40. The average molecular weight is 148 g/mol. The first kappa shape index (κ1) is 9.84. The zero-order chi connectivity index (χ0) is 7.98. The molecule has 0 aromatic rings. The van der Waals surface area contributed by atoms with E-state index >= 15 is 0 Å². The van der Waals surface area contributed by atoms with Crippen molar-refractivity contribution in [2.45, 2.75) is 25.2 Å². The maximum absolute atomic E-state index is 7.00. The smallest absolute Gasteiger partial charge is 0.106 e. The Bertz CT molecular complexity index is 80.1. The van der Waals surface area contributed by atoms with Crippen LogP contribution in [0.2, 0.25) is 0 Å². The van der Waals surface area contributed by atoms with Crippen LogP contribution in [0.3, 0.4) is 0 Å². The molecule has 1 aliphatic heterocycles. The van der Waals surface area contributed by atoms with Crippen molar-refractivity contribution in [2.24, 2.45) is 11.5 Å². The van der Waals surface area contributed by atoms with Gasteiger partial charge in [0.1, 0.15) is 6.23 Å². The van der Waals surface area contributed by atoms with Gasteiger partial charge in [-0.05, 0) is 12.8 Å². The van der Waals surface area contributed by atoms with Crippen molar-refractivity contribution < 1.29 is 9.84 Å². The van der Waals surface area contributed by atoms with E-state index in [9.17, 15) is 0 Å². The van der Waals surface area contributed by atoms with Gasteiger partial charge >= 0.3 is 0 Å². The van der Waals surface area contributed by atoms with Gasteiger partial charge in [-0.15, -0.1) is 0 Å². The van der Waals surface area contributed by atoms with Crippen LogP contribution in [0.1, 0.15) is 12.8 Å². The molecule has 1 aliphatic rings. The van der Waals surface area contributed by atoms with E-state index in [1.54, 1.807) is 0 Å². The van der Waals surface area contributed by atoms with E-state index in [1.807, 2.05) is 0 Å². The molecule has 1 saturated heterocycles. The fraction of sp³-hybridized carbons (Fsp3) is 1.00. The topological polar surface area (TPSA) is 81.5 Å². The number of rotatable bonds is 1. The summed E-state index contributed by atoms with van der Waals surface area (Å²) in [6, 6.07) is 0. The second-order valence-electron chi connectivity index (χ2n) is 2.11. The van der Waals surface area contributed by atoms with Crippen molar-refractivity contribution in [1.82, 2.24) is 0 Å². The average Bonchev–Trinajstić information content (AvgIpc) is 2.40. The summed E-state index contributed by atoms with van der Waals surface area (Å²) < 4.78 is 5.16. The van der Waals surface area contributed by atoms with Crippen molar-refractivity contribution in [2.75, 3.05) is 13.7 Å². The van der Waals surface area contributed by atoms with Crippen LogP contribution in [0.4, 0.5) is 0 Å². The predicted octanol–water partition coefficient (Wildman–Crippen LogP) is -0.983. The van der Waals surface area contributed by atoms with Crippen molar-refractivity contribution in [3.8, 4) is 0 Å². The Morgan fingerprint density at radius 3 is 2.30 bits per heavy atom. The molecule has 0 aromatic heterocycles. The molecule has 4 nitrogen and oxygen atoms in total. The SMILES string of the molecule is CO.NCC1CCC(N)O1. The monoisotopic (exact) mass is 148 g/mol. The second kappa shape index (κ2) is 5.61. The van der Waals surface area contributed by atoms with Gasteiger partial charge in [0.05, 0.1) is 6.10 Å². The minimum absolute atomic E-state index is 0.0523. The molecule has 2 atom stereocenters. The Morgan fingerprint density at radius 1 is 1.50 bits per heavy atom. The first-order valence-corrected chi connectivity index (χ1v) is 3.38. The van der Waals surface area contributed by atoms with Gasteiger partial charge in [0.15, 0.2) is 0 Å². The number of aliphatic hydroxyl groups excluding tert-OH is 1. The van der Waals surface area contributed by atoms with Crippen LogP contribution in [-0.4, -0.2) is 31.1 Å². The lowest BCUT2D eigenvalue weighted by molar-refractivity contribution is 0.0543. The fourth-order valence-corrected chi connectivity index (χ4v) is 0.907. The summed E-state index contributed by atoms with van der Waals surface area (Å²) in [4.78, 5) is 0. The molecule has 62 valence electrons. The molecule has 1 rings (SSSR count). The molecule has 4 heteroatoms. The van der Waals surface area contributed by atoms with Crippen LogP contribution in [0.25, 0.3) is 0 Å². The highest BCUT2D eigenvalue weighted by Gasteiger charge is 2.19. The van der Waals surface area contributed by atoms with Crippen molar-refractivity contribution in [1.29, 1.82) is 0 Å². The summed E-state index contributed by atoms with van der Waals surface area (Å²) in [5, 5.41) is 7.00. The summed E-state index contributed by atoms with van der Waals surface area (Å²) in [6.45, 7) is 0.605. The van der Waals surface area contributed by atoms with Gasteiger partial charge < -0.3 is 21.3 Å². The quantitative estimate of drug-likeness (QED) is 0.446. The maximum Gasteiger partial charge on any atom is 0.106 e. The molecule has 0 radical (unpaired) electrons. The molecule has 0 bridgehead atoms. The summed E-state index contributed by atoms with van der Waals surface area (Å²) in [5.41, 5.74) is 10.7. The molecule has 0 amide bonds. The molecule has 0 aromatic carbocycles. The Balaban J connectivity index is 0.000000371. The molecule has 5 N–H and O–H groups in total. The maximum atomic E-state index is 7.00. The van der Waals surface area contributed by atoms with E-state index in [0.717, 1.165) is 20.0 Å². The first-order chi connectivity index (χ1) is 4.83. The van der Waals surface area contributed by atoms with Gasteiger partial charge in [-0.1, -0.05) is 0 Å². The molecule has 1 heterocycles. The Hall–Kier alpha value is -0.160. The van der Waals surface area contributed by atoms with Gasteiger partial charge in [0.25, 0.3) is 0 Å². The highest BCUT2D eigenvalue weighted by molar-refractivity contribution is 4.69. The van der Waals surface area contributed by atoms with Gasteiger partial charge in [0, 0.05) is 13.7 Å². The Labute approximate surface area is 61.2 Å². The van der Waals surface area contributed by atoms with E-state index in [2.05, 4.69) is 0 Å². The van der Waals surface area contributed by atoms with Crippen LogP contribution >= 0.6 is 0 Å². The minimum Gasteiger partial charge on any atom is -0.400 e. The highest BCUT2D eigenvalue weighted by atomic mass is 16.5. The zero-order valence-electron chi connectivity index (χ0n) is 6.29. The van der Waals surface area contributed by atoms with Gasteiger partial charge in [-0.3, -0.25) is 0 Å². The van der Waals surface area contributed by atoms with Crippen molar-refractivity contribution >= 4 is 0 Å². The fourth-order valence-electron chi connectivity index (χ4n) is 0.907. The number of hydrogen-bond donors (Lipinski definition) is 3. The summed E-state index contributed by atoms with van der Waals surface area (Å²) in [5.74, 6) is 0. The lowest BCUT2D eigenvalue weighted by Crippen LogP contribution is -2.24. The minimum atomic E-state index is -0.0523. The summed E-state index contributed by atoms with van der Waals surface area (Å²) in [6.07, 6.45) is 2.16. The van der Waals surface area contributed by atoms with Crippen LogP contribution in [0.5, 0.6) is 0 Å². The lowest BCUT2D eigenvalue weighted by Gasteiger charge is -2.05. The summed E-state index contributed by atoms with van der Waals surface area (Å²) >= 11 is 0. The standard InChI is InChI=1S/C5H12N2O.CH4O/c6-3-4-1-2-5(7)8-4;1-2/h4-5H,1-3,6-7H2;2H,1H3. The van der Waals surface area contributed by atoms with E-state index in [1.165, 1.54) is 0 Å². The number of hydrogen-bond acceptors (Lipinski definition) is 4. The largest absolute Gasteiger partial charge is 0.400 e. The molecular formula is C6H16N2O2. The normalized spacial score (nSPS) is 31.2. The van der Waals surface area contributed by atoms with Crippen LogP contribution < -0.4 is 11.5 Å². The first-order valence-electron chi connectivity index (χ1n) is 3.38. The van der Waals surface area contributed by atoms with Crippen LogP contribution in [0.15, 0.2) is 0 Å². The molecule has 10 heavy (non-hydrogen) atoms. The second-order valence-corrected chi connectivity index (χ2v) is 2.11. The molecule has 0 spiro atoms. The number of aliphatic hydroxyl groups is 1. The molecule has 0 saturated carbocycles. The molecule has 1 fully saturated rings. The molecule has 2 unspecified atom stereocenters. The summed E-state index contributed by atoms with van der Waals surface area (Å²) in [7, 11) is 1.00. The van der Waals surface area contributed by atoms with Crippen molar-refractivity contribution in [3.05, 3.63) is 0 Å². The highest BCUT2D eigenvalue weighted by Crippen LogP contribution is 2.13. The van der Waals surface area contributed by atoms with E-state index < -0.39 is 0 Å². The van der Waals surface area contributed by atoms with Crippen molar-refractivity contribution in [3.63, 3.8) is 0 Å². The van der Waals surface area contributed by atoms with Crippen LogP contribution in [0, 0.1) is 0 Å². The van der Waals surface area contributed by atoms with E-state index in [-0.39, 0.29) is 12.3 Å². The predicted molar refractivity (Wildman–Crippen MR) is 39.3 cm³/mol. The lowest BCUT2D eigenvalue weighted by atomic mass is 10.2. The number of ether oxygens (including phenoxy) is 1. The molecule has 0 aliphatic carbocycles. The zero-order valence-corrected chi connectivity index (χ0v) is 6.29. The Morgan fingerprint density at radius 2 is 2.10 bits per heavy atom. The van der Waals surface area contributed by atoms with E-state index in [0.29, 0.717) is 6.54 Å². The third kappa shape index (κ3) is 3.12. The van der Waals surface area contributed by atoms with Gasteiger partial charge in [-0.2, -0.15) is 0 Å². The number of nitrogens with two attached hydrogens (primary N) is 2. The Kier molecular flexibility index (Phi) is 5.52. The third-order valence-corrected chi connectivity index (χ3v) is 1.40. The van der Waals surface area contributed by atoms with E-state index in [4.69, 9.17) is 21.3 Å². The van der Waals surface area contributed by atoms with Gasteiger partial charge in [0.2, 0.25) is 0 Å². The van der Waals surface area contributed by atoms with Gasteiger partial charge in [-0.25, -0.2) is 0 Å².